The first kappa shape index (κ1) is 14.3. The predicted octanol–water partition coefficient (Wildman–Crippen LogP) is 4.23. The Hall–Kier alpha value is -0.730. The molecule has 0 aromatic heterocycles. The fourth-order valence-corrected chi connectivity index (χ4v) is 2.22. The summed E-state index contributed by atoms with van der Waals surface area (Å²) in [5.41, 5.74) is 0.912. The fourth-order valence-electron chi connectivity index (χ4n) is 2.04. The standard InChI is InChI=1S/C14H22ClNO/c1-4-6-9-16(5-2)11(3)13-10-12(15)7-8-14(13)17/h7-8,10-11,17H,4-6,9H2,1-3H3. The van der Waals surface area contributed by atoms with Crippen LogP contribution in [0.1, 0.15) is 45.2 Å². The third kappa shape index (κ3) is 3.90. The molecule has 0 aliphatic carbocycles. The monoisotopic (exact) mass is 255 g/mol. The highest BCUT2D eigenvalue weighted by atomic mass is 35.5. The molecule has 0 amide bonds. The molecule has 3 heteroatoms. The van der Waals surface area contributed by atoms with Crippen molar-refractivity contribution in [2.24, 2.45) is 0 Å². The van der Waals surface area contributed by atoms with Gasteiger partial charge in [0, 0.05) is 16.6 Å². The van der Waals surface area contributed by atoms with Gasteiger partial charge in [-0.15, -0.1) is 0 Å². The summed E-state index contributed by atoms with van der Waals surface area (Å²) >= 11 is 5.98. The van der Waals surface area contributed by atoms with E-state index in [1.54, 1.807) is 12.1 Å². The van der Waals surface area contributed by atoms with Crippen LogP contribution in [0.25, 0.3) is 0 Å². The molecule has 1 N–H and O–H groups in total. The quantitative estimate of drug-likeness (QED) is 0.822. The number of aromatic hydroxyl groups is 1. The van der Waals surface area contributed by atoms with Crippen molar-refractivity contribution in [1.82, 2.24) is 4.90 Å². The molecule has 1 atom stereocenters. The van der Waals surface area contributed by atoms with Gasteiger partial charge in [-0.3, -0.25) is 4.90 Å². The van der Waals surface area contributed by atoms with Crippen molar-refractivity contribution < 1.29 is 5.11 Å². The van der Waals surface area contributed by atoms with Crippen molar-refractivity contribution in [2.45, 2.75) is 39.7 Å². The zero-order chi connectivity index (χ0) is 12.8. The summed E-state index contributed by atoms with van der Waals surface area (Å²) in [6, 6.07) is 5.44. The Morgan fingerprint density at radius 2 is 2.06 bits per heavy atom. The van der Waals surface area contributed by atoms with Gasteiger partial charge in [-0.25, -0.2) is 0 Å². The number of halogens is 1. The molecule has 2 nitrogen and oxygen atoms in total. The van der Waals surface area contributed by atoms with E-state index in [0.717, 1.165) is 18.7 Å². The maximum absolute atomic E-state index is 9.89. The molecule has 0 saturated carbocycles. The Bertz CT molecular complexity index is 354. The van der Waals surface area contributed by atoms with E-state index in [0.29, 0.717) is 10.8 Å². The molecular formula is C14H22ClNO. The molecule has 17 heavy (non-hydrogen) atoms. The van der Waals surface area contributed by atoms with Crippen molar-refractivity contribution in [3.05, 3.63) is 28.8 Å². The molecule has 1 rings (SSSR count). The number of unbranched alkanes of at least 4 members (excludes halogenated alkanes) is 1. The van der Waals surface area contributed by atoms with Crippen LogP contribution in [-0.4, -0.2) is 23.1 Å². The van der Waals surface area contributed by atoms with Crippen molar-refractivity contribution in [1.29, 1.82) is 0 Å². The average Bonchev–Trinajstić information content (AvgIpc) is 2.33. The predicted molar refractivity (Wildman–Crippen MR) is 73.7 cm³/mol. The summed E-state index contributed by atoms with van der Waals surface area (Å²) < 4.78 is 0. The molecule has 1 aromatic carbocycles. The number of benzene rings is 1. The molecule has 1 unspecified atom stereocenters. The molecule has 0 saturated heterocycles. The number of phenols is 1. The minimum Gasteiger partial charge on any atom is -0.508 e. The molecular weight excluding hydrogens is 234 g/mol. The Labute approximate surface area is 109 Å². The van der Waals surface area contributed by atoms with Gasteiger partial charge < -0.3 is 5.11 Å². The zero-order valence-corrected chi connectivity index (χ0v) is 11.7. The van der Waals surface area contributed by atoms with Gasteiger partial charge in [0.1, 0.15) is 5.75 Å². The number of rotatable bonds is 6. The molecule has 0 bridgehead atoms. The maximum atomic E-state index is 9.89. The highest BCUT2D eigenvalue weighted by molar-refractivity contribution is 6.30. The SMILES string of the molecule is CCCCN(CC)C(C)c1cc(Cl)ccc1O. The molecule has 0 radical (unpaired) electrons. The minimum absolute atomic E-state index is 0.199. The largest absolute Gasteiger partial charge is 0.508 e. The lowest BCUT2D eigenvalue weighted by molar-refractivity contribution is 0.215. The van der Waals surface area contributed by atoms with Gasteiger partial charge in [-0.2, -0.15) is 0 Å². The van der Waals surface area contributed by atoms with E-state index >= 15 is 0 Å². The van der Waals surface area contributed by atoms with E-state index < -0.39 is 0 Å². The van der Waals surface area contributed by atoms with Gasteiger partial charge in [-0.05, 0) is 44.6 Å². The smallest absolute Gasteiger partial charge is 0.120 e. The summed E-state index contributed by atoms with van der Waals surface area (Å²) in [5, 5.41) is 10.6. The summed E-state index contributed by atoms with van der Waals surface area (Å²) in [7, 11) is 0. The van der Waals surface area contributed by atoms with Crippen LogP contribution in [0.4, 0.5) is 0 Å². The molecule has 0 heterocycles. The van der Waals surface area contributed by atoms with Crippen molar-refractivity contribution in [3.63, 3.8) is 0 Å². The topological polar surface area (TPSA) is 23.5 Å². The summed E-state index contributed by atoms with van der Waals surface area (Å²) in [5.74, 6) is 0.330. The summed E-state index contributed by atoms with van der Waals surface area (Å²) in [6.45, 7) is 8.49. The lowest BCUT2D eigenvalue weighted by atomic mass is 10.1. The van der Waals surface area contributed by atoms with Crippen LogP contribution >= 0.6 is 11.6 Å². The first-order valence-electron chi connectivity index (χ1n) is 6.32. The van der Waals surface area contributed by atoms with Crippen molar-refractivity contribution >= 4 is 11.6 Å². The van der Waals surface area contributed by atoms with E-state index in [1.165, 1.54) is 12.8 Å². The average molecular weight is 256 g/mol. The van der Waals surface area contributed by atoms with Crippen LogP contribution in [0.15, 0.2) is 18.2 Å². The van der Waals surface area contributed by atoms with Crippen LogP contribution in [0.5, 0.6) is 5.75 Å². The second kappa shape index (κ2) is 6.87. The van der Waals surface area contributed by atoms with E-state index in [2.05, 4.69) is 25.7 Å². The maximum Gasteiger partial charge on any atom is 0.120 e. The first-order valence-corrected chi connectivity index (χ1v) is 6.70. The van der Waals surface area contributed by atoms with E-state index in [4.69, 9.17) is 11.6 Å². The Kier molecular flexibility index (Phi) is 5.79. The first-order chi connectivity index (χ1) is 8.10. The van der Waals surface area contributed by atoms with Crippen LogP contribution < -0.4 is 0 Å². The minimum atomic E-state index is 0.199. The summed E-state index contributed by atoms with van der Waals surface area (Å²) in [6.07, 6.45) is 2.37. The number of hydrogen-bond donors (Lipinski definition) is 1. The third-order valence-corrected chi connectivity index (χ3v) is 3.43. The number of phenolic OH excluding ortho intramolecular Hbond substituents is 1. The van der Waals surface area contributed by atoms with Gasteiger partial charge in [-0.1, -0.05) is 31.9 Å². The number of hydrogen-bond acceptors (Lipinski definition) is 2. The Morgan fingerprint density at radius 3 is 2.65 bits per heavy atom. The second-order valence-electron chi connectivity index (χ2n) is 4.36. The third-order valence-electron chi connectivity index (χ3n) is 3.19. The van der Waals surface area contributed by atoms with Gasteiger partial charge in [0.2, 0.25) is 0 Å². The molecule has 96 valence electrons. The molecule has 1 aromatic rings. The highest BCUT2D eigenvalue weighted by Gasteiger charge is 2.17. The Balaban J connectivity index is 2.85. The fraction of sp³-hybridized carbons (Fsp3) is 0.571. The Morgan fingerprint density at radius 1 is 1.35 bits per heavy atom. The van der Waals surface area contributed by atoms with E-state index in [-0.39, 0.29) is 6.04 Å². The van der Waals surface area contributed by atoms with Gasteiger partial charge >= 0.3 is 0 Å². The molecule has 0 fully saturated rings. The van der Waals surface area contributed by atoms with Crippen LogP contribution in [0.3, 0.4) is 0 Å². The van der Waals surface area contributed by atoms with Gasteiger partial charge in [0.25, 0.3) is 0 Å². The highest BCUT2D eigenvalue weighted by Crippen LogP contribution is 2.30. The summed E-state index contributed by atoms with van der Waals surface area (Å²) in [4.78, 5) is 2.36. The van der Waals surface area contributed by atoms with Crippen LogP contribution in [0.2, 0.25) is 5.02 Å². The van der Waals surface area contributed by atoms with Crippen LogP contribution in [0, 0.1) is 0 Å². The molecule has 0 spiro atoms. The lowest BCUT2D eigenvalue weighted by Gasteiger charge is -2.28. The molecule has 0 aliphatic heterocycles. The van der Waals surface area contributed by atoms with Crippen molar-refractivity contribution in [3.8, 4) is 5.75 Å². The van der Waals surface area contributed by atoms with E-state index in [1.807, 2.05) is 6.07 Å². The number of nitrogens with zero attached hydrogens (tertiary/aromatic N) is 1. The second-order valence-corrected chi connectivity index (χ2v) is 4.80. The lowest BCUT2D eigenvalue weighted by Crippen LogP contribution is -2.27. The van der Waals surface area contributed by atoms with Gasteiger partial charge in [0.05, 0.1) is 0 Å². The van der Waals surface area contributed by atoms with Gasteiger partial charge in [0.15, 0.2) is 0 Å². The van der Waals surface area contributed by atoms with Crippen LogP contribution in [-0.2, 0) is 0 Å². The molecule has 0 aliphatic rings. The van der Waals surface area contributed by atoms with Crippen molar-refractivity contribution in [2.75, 3.05) is 13.1 Å². The zero-order valence-electron chi connectivity index (χ0n) is 10.9. The normalized spacial score (nSPS) is 13.0. The van der Waals surface area contributed by atoms with E-state index in [9.17, 15) is 5.11 Å².